The van der Waals surface area contributed by atoms with Crippen LogP contribution in [-0.2, 0) is 145 Å². The van der Waals surface area contributed by atoms with E-state index in [0.717, 1.165) is 76.4 Å². The molecule has 15 atom stereocenters. The highest BCUT2D eigenvalue weighted by Gasteiger charge is 2.75. The number of Topliss-reactive ketones (excluding diaryl/α,β-unsaturated/α-hetero) is 3. The summed E-state index contributed by atoms with van der Waals surface area (Å²) in [4.78, 5) is 189. The fourth-order valence-electron chi connectivity index (χ4n) is 21.1. The standard InChI is InChI=1S/C31H39NO9.C25H27NO11.C18H21NO3.C17H23NO9.CH2Cl2/c1-17-7-8-19-16-22-31(37)12-11-20(27-30(31,13-14-32(22)6)25(19)26(17)40-27)38-23(34)9-10-24(35)39-21(15-18(2)33)28(36)41-29(3,4)5;1-26-9-8-24-20-12-2-3-13(27)21(20)37-22(24)14(6-7-25(24,34)16(26)10-12)35-18(30)4-5-19(31)36-15(23(32)33)11-17(28)29;1-10-3-4-11-9-13-18(21)6-5-12(20)16-17(18,7-8-19(13)2)14(11)15(10)22-16;1-10(19)9-11(16(24)26-17(2,3)4)25-14(22)7-8-15(23)27-18-12(20)5-6-13(18)21;2-1-3/h7-8,11,21-22,27,37H,9-10,12-16H2,1-6H3;2-3,6,15-16,22,27,34H,4-5,7-11H2,1H3,(H,28,29)(H,32,33);3-4,13,16,21H,5-9H2,1-2H3;11H,5-9H2,1-4H3;1H2/t21-,22+,27-,30-,31+;15-,16+,22-,24-,25+;13-,16+,17+,18-;11-;/m0010./s1. The molecule has 0 radical (unpaired) electrons. The molecule has 2 amide bonds. The van der Waals surface area contributed by atoms with E-state index in [0.29, 0.717) is 62.3 Å². The van der Waals surface area contributed by atoms with Gasteiger partial charge in [0.05, 0.1) is 96.2 Å². The van der Waals surface area contributed by atoms with Crippen molar-refractivity contribution in [2.75, 3.05) is 46.1 Å². The van der Waals surface area contributed by atoms with Crippen molar-refractivity contribution in [2.45, 2.75) is 303 Å². The Hall–Kier alpha value is -10.5. The SMILES string of the molecule is CC(=O)C[C@H](OC(=O)CCC(=O)OC1=CC[C@@]2(O)[C@H]3Cc4ccc(C)c5c4[C@@]2(CCN3C)[C@H]1O5)C(=O)OC(C)(C)C.CC(=O)C[C@H](OC(=O)CCC(=O)ON1C(=O)CCC1=O)C(=O)OC(C)(C)C.CN1CC[C@]23c4c5ccc(O)c4O[C@H]2C(OC(=O)CCC(=O)O[C@@H](CC(=O)O)C(=O)O)=CC[C@@]3(O)[C@H]1C5.Cc1ccc2c3c1O[C@H]1C(=O)CC[C@@]4(O)[C@@H](C2)N(C)CC[C@]314.ClCCl. The first-order chi connectivity index (χ1) is 60.9. The summed E-state index contributed by atoms with van der Waals surface area (Å²) in [6, 6.07) is 11.6. The maximum absolute atomic E-state index is 13.0. The molecule has 0 unspecified atom stereocenters. The van der Waals surface area contributed by atoms with Crippen molar-refractivity contribution in [3.63, 3.8) is 0 Å². The fourth-order valence-corrected chi connectivity index (χ4v) is 21.1. The minimum Gasteiger partial charge on any atom is -0.504 e. The number of aryl methyl sites for hydroxylation is 2. The van der Waals surface area contributed by atoms with Crippen LogP contribution < -0.4 is 14.2 Å². The number of nitrogens with zero attached hydrogens (tertiary/aromatic N) is 4. The van der Waals surface area contributed by atoms with Crippen LogP contribution in [0.3, 0.4) is 0 Å². The molecular weight excluding hydrogens is 1740 g/mol. The van der Waals surface area contributed by atoms with Gasteiger partial charge >= 0.3 is 59.7 Å². The van der Waals surface area contributed by atoms with Gasteiger partial charge in [-0.3, -0.25) is 52.7 Å². The molecule has 4 saturated heterocycles. The Morgan fingerprint density at radius 3 is 1.22 bits per heavy atom. The van der Waals surface area contributed by atoms with Crippen LogP contribution in [0, 0.1) is 13.8 Å². The molecule has 6 aliphatic carbocycles. The normalized spacial score (nSPS) is 27.9. The van der Waals surface area contributed by atoms with Gasteiger partial charge in [-0.25, -0.2) is 19.2 Å². The number of rotatable bonds is 24. The molecule has 36 nitrogen and oxygen atoms in total. The number of aliphatic hydroxyl groups is 3. The smallest absolute Gasteiger partial charge is 0.348 e. The number of esters is 7. The van der Waals surface area contributed by atoms with Gasteiger partial charge in [0, 0.05) is 66.9 Å². The van der Waals surface area contributed by atoms with Crippen molar-refractivity contribution in [3.05, 3.63) is 105 Å². The van der Waals surface area contributed by atoms with Crippen molar-refractivity contribution in [1.82, 2.24) is 19.8 Å². The van der Waals surface area contributed by atoms with Gasteiger partial charge in [-0.05, 0) is 201 Å². The number of carboxylic acid groups (broad SMARTS) is 2. The first-order valence-corrected chi connectivity index (χ1v) is 44.4. The number of halogens is 2. The molecule has 6 N–H and O–H groups in total. The average Bonchev–Trinajstić information content (AvgIpc) is 1.48. The van der Waals surface area contributed by atoms with Crippen molar-refractivity contribution in [3.8, 4) is 23.0 Å². The van der Waals surface area contributed by atoms with Gasteiger partial charge in [-0.2, -0.15) is 0 Å². The number of hydrogen-bond acceptors (Lipinski definition) is 33. The number of hydroxylamine groups is 2. The molecule has 3 aromatic rings. The Bertz CT molecular complexity index is 5150. The summed E-state index contributed by atoms with van der Waals surface area (Å²) in [5, 5.41) is 64.9. The lowest BCUT2D eigenvalue weighted by Gasteiger charge is -2.62. The van der Waals surface area contributed by atoms with Crippen LogP contribution >= 0.6 is 23.2 Å². The van der Waals surface area contributed by atoms with Crippen molar-refractivity contribution in [2.24, 2.45) is 0 Å². The highest BCUT2D eigenvalue weighted by atomic mass is 35.5. The Morgan fingerprint density at radius 2 is 0.831 bits per heavy atom. The number of likely N-dealkylation sites (tertiary alicyclic amines) is 3. The molecule has 1 saturated carbocycles. The van der Waals surface area contributed by atoms with Gasteiger partial charge < -0.3 is 97.5 Å². The maximum atomic E-state index is 13.0. The van der Waals surface area contributed by atoms with E-state index < -0.39 is 184 Å². The van der Waals surface area contributed by atoms with E-state index in [1.54, 1.807) is 59.8 Å². The lowest BCUT2D eigenvalue weighted by atomic mass is 9.49. The number of alkyl halides is 2. The monoisotopic (exact) mass is 1850 g/mol. The zero-order chi connectivity index (χ0) is 95.4. The van der Waals surface area contributed by atoms with Gasteiger partial charge in [-0.1, -0.05) is 30.3 Å². The number of hydrogen-bond donors (Lipinski definition) is 6. The van der Waals surface area contributed by atoms with Gasteiger partial charge in [0.1, 0.15) is 45.8 Å². The Labute approximate surface area is 759 Å². The summed E-state index contributed by atoms with van der Waals surface area (Å²) in [6.45, 7) is 18.7. The number of amides is 2. The number of piperidine rings is 3. The number of phenolic OH excluding ortho intramolecular Hbond substituents is 1. The van der Waals surface area contributed by atoms with Crippen LogP contribution in [-0.4, -0.2) is 268 Å². The number of ether oxygens (including phenoxy) is 10. The first-order valence-electron chi connectivity index (χ1n) is 43.3. The van der Waals surface area contributed by atoms with Crippen LogP contribution in [0.1, 0.15) is 215 Å². The minimum atomic E-state index is -1.87. The predicted molar refractivity (Wildman–Crippen MR) is 453 cm³/mol. The number of phenols is 1. The summed E-state index contributed by atoms with van der Waals surface area (Å²) in [7, 11) is 6.08. The third-order valence-corrected chi connectivity index (χ3v) is 26.7. The first kappa shape index (κ1) is 98.6. The highest BCUT2D eigenvalue weighted by molar-refractivity contribution is 6.40. The zero-order valence-electron chi connectivity index (χ0n) is 74.8. The summed E-state index contributed by atoms with van der Waals surface area (Å²) in [6.07, 6.45) is -2.01. The largest absolute Gasteiger partial charge is 0.504 e. The average molecular weight is 1860 g/mol. The molecule has 5 fully saturated rings. The van der Waals surface area contributed by atoms with E-state index in [9.17, 15) is 92.3 Å². The van der Waals surface area contributed by atoms with Crippen molar-refractivity contribution >= 4 is 112 Å². The van der Waals surface area contributed by atoms with Crippen LogP contribution in [0.2, 0.25) is 0 Å². The second kappa shape index (κ2) is 38.0. The number of ketones is 3. The number of carbonyl (C=O) groups excluding carboxylic acids is 13. The summed E-state index contributed by atoms with van der Waals surface area (Å²) in [5.41, 5.74) is 1.34. The van der Waals surface area contributed by atoms with Crippen LogP contribution in [0.25, 0.3) is 0 Å². The van der Waals surface area contributed by atoms with Gasteiger partial charge in [-0.15, -0.1) is 28.3 Å². The highest BCUT2D eigenvalue weighted by Crippen LogP contribution is 2.68. The fraction of sp³-hybridized carbons (Fsp3) is 0.598. The number of benzene rings is 3. The molecule has 3 aromatic carbocycles. The number of aromatic hydroxyl groups is 1. The molecule has 13 aliphatic rings. The van der Waals surface area contributed by atoms with Gasteiger partial charge in [0.2, 0.25) is 18.3 Å². The Kier molecular flexibility index (Phi) is 28.8. The molecule has 3 spiro atoms. The molecule has 16 rings (SSSR count). The van der Waals surface area contributed by atoms with E-state index in [2.05, 4.69) is 49.5 Å². The number of imide groups is 1. The van der Waals surface area contributed by atoms with Crippen LogP contribution in [0.15, 0.2) is 60.1 Å². The quantitative estimate of drug-likeness (QED) is 0.0236. The number of carboxylic acids is 2. The Morgan fingerprint density at radius 1 is 0.477 bits per heavy atom. The topological polar surface area (TPSA) is 492 Å². The third-order valence-electron chi connectivity index (χ3n) is 26.7. The van der Waals surface area contributed by atoms with E-state index >= 15 is 0 Å². The summed E-state index contributed by atoms with van der Waals surface area (Å²) >= 11 is 9.53. The maximum Gasteiger partial charge on any atom is 0.348 e. The van der Waals surface area contributed by atoms with E-state index in [-0.39, 0.29) is 103 Å². The minimum absolute atomic E-state index is 0.0449. The molecule has 706 valence electrons. The number of likely N-dealkylation sites (N-methyl/N-ethyl adjacent to an activating group) is 3. The van der Waals surface area contributed by atoms with Crippen LogP contribution in [0.5, 0.6) is 23.0 Å². The van der Waals surface area contributed by atoms with Gasteiger partial charge in [0.15, 0.2) is 35.6 Å². The molecule has 7 aliphatic heterocycles. The molecule has 6 bridgehead atoms. The van der Waals surface area contributed by atoms with E-state index in [1.165, 1.54) is 19.4 Å². The lowest BCUT2D eigenvalue weighted by molar-refractivity contribution is -0.198. The number of aliphatic carboxylic acids is 2. The second-order valence-electron chi connectivity index (χ2n) is 37.4. The lowest BCUT2D eigenvalue weighted by Crippen LogP contribution is -2.76. The third kappa shape index (κ3) is 18.8. The van der Waals surface area contributed by atoms with E-state index in [1.807, 2.05) is 40.1 Å². The van der Waals surface area contributed by atoms with Crippen LogP contribution in [0.4, 0.5) is 0 Å². The molecular formula is C92H112Cl2N4O32. The molecule has 38 heteroatoms. The van der Waals surface area contributed by atoms with E-state index in [4.69, 9.17) is 76.0 Å². The summed E-state index contributed by atoms with van der Waals surface area (Å²) < 4.78 is 55.5. The summed E-state index contributed by atoms with van der Waals surface area (Å²) in [5.74, 6) is -9.49. The second-order valence-corrected chi connectivity index (χ2v) is 38.2. The zero-order valence-corrected chi connectivity index (χ0v) is 76.3. The molecule has 130 heavy (non-hydrogen) atoms. The van der Waals surface area contributed by atoms with Crippen molar-refractivity contribution < 1.29 is 155 Å². The molecule has 0 aromatic heterocycles. The van der Waals surface area contributed by atoms with Gasteiger partial charge in [0.25, 0.3) is 11.8 Å². The predicted octanol–water partition coefficient (Wildman–Crippen LogP) is 6.67. The number of carbonyl (C=O) groups is 15. The van der Waals surface area contributed by atoms with Crippen molar-refractivity contribution in [1.29, 1.82) is 0 Å². The molecule has 7 heterocycles. The Balaban J connectivity index is 0.000000159.